The minimum atomic E-state index is -0.233. The number of rotatable bonds is 9. The van der Waals surface area contributed by atoms with E-state index in [2.05, 4.69) is 20.8 Å². The zero-order valence-corrected chi connectivity index (χ0v) is 18.5. The maximum absolute atomic E-state index is 12.6. The van der Waals surface area contributed by atoms with Crippen molar-refractivity contribution in [1.29, 1.82) is 0 Å². The molecule has 0 unspecified atom stereocenters. The molecule has 2 amide bonds. The molecule has 30 heavy (non-hydrogen) atoms. The number of nitrogens with one attached hydrogen (secondary N) is 2. The van der Waals surface area contributed by atoms with Crippen molar-refractivity contribution >= 4 is 29.3 Å². The van der Waals surface area contributed by atoms with Crippen molar-refractivity contribution in [2.45, 2.75) is 61.9 Å². The smallest absolute Gasteiger partial charge is 0.233 e. The van der Waals surface area contributed by atoms with Crippen LogP contribution in [0.5, 0.6) is 5.75 Å². The highest BCUT2D eigenvalue weighted by molar-refractivity contribution is 8.00. The van der Waals surface area contributed by atoms with Gasteiger partial charge in [-0.1, -0.05) is 43.7 Å². The number of para-hydroxylation sites is 2. The van der Waals surface area contributed by atoms with Crippen LogP contribution in [0.1, 0.15) is 44.9 Å². The molecule has 1 aliphatic carbocycles. The summed E-state index contributed by atoms with van der Waals surface area (Å²) < 4.78 is 7.04. The zero-order valence-electron chi connectivity index (χ0n) is 17.7. The number of ether oxygens (including phenoxy) is 1. The number of carbonyl (C=O) groups excluding carboxylic acids is 2. The summed E-state index contributed by atoms with van der Waals surface area (Å²) in [4.78, 5) is 25.1. The summed E-state index contributed by atoms with van der Waals surface area (Å²) in [5, 5.41) is 14.8. The Kier molecular flexibility index (Phi) is 7.73. The highest BCUT2D eigenvalue weighted by Crippen LogP contribution is 2.26. The fraction of sp³-hybridized carbons (Fsp3) is 0.524. The molecule has 0 spiro atoms. The molecule has 1 atom stereocenters. The first-order valence-corrected chi connectivity index (χ1v) is 11.2. The van der Waals surface area contributed by atoms with Crippen LogP contribution >= 0.6 is 11.8 Å². The number of anilines is 1. The Bertz CT molecular complexity index is 879. The van der Waals surface area contributed by atoms with Gasteiger partial charge in [0.25, 0.3) is 0 Å². The predicted octanol–water partition coefficient (Wildman–Crippen LogP) is 2.93. The lowest BCUT2D eigenvalue weighted by Gasteiger charge is -2.18. The number of carbonyl (C=O) groups is 2. The fourth-order valence-corrected chi connectivity index (χ4v) is 4.45. The van der Waals surface area contributed by atoms with Gasteiger partial charge in [-0.15, -0.1) is 10.2 Å². The first-order valence-electron chi connectivity index (χ1n) is 10.3. The van der Waals surface area contributed by atoms with Gasteiger partial charge in [0.2, 0.25) is 11.8 Å². The molecule has 0 saturated heterocycles. The Morgan fingerprint density at radius 2 is 2.00 bits per heavy atom. The Labute approximate surface area is 181 Å². The highest BCUT2D eigenvalue weighted by Gasteiger charge is 2.25. The van der Waals surface area contributed by atoms with Gasteiger partial charge in [0.05, 0.1) is 24.5 Å². The summed E-state index contributed by atoms with van der Waals surface area (Å²) in [6.07, 6.45) is 5.24. The summed E-state index contributed by atoms with van der Waals surface area (Å²) in [6, 6.07) is 7.53. The van der Waals surface area contributed by atoms with E-state index in [0.717, 1.165) is 12.8 Å². The van der Waals surface area contributed by atoms with Gasteiger partial charge in [0, 0.05) is 13.1 Å². The minimum Gasteiger partial charge on any atom is -0.495 e. The topological polar surface area (TPSA) is 98.1 Å². The standard InChI is InChI=1S/C21H29N5O3S/c1-4-17(20(28)22-14-9-5-6-10-14)30-21-25-24-18(26(21)2)13-19(27)23-15-11-7-8-12-16(15)29-3/h7-8,11-12,14,17H,4-6,9-10,13H2,1-3H3,(H,22,28)(H,23,27)/t17-/m1/s1. The average Bonchev–Trinajstić information content (AvgIpc) is 3.37. The lowest BCUT2D eigenvalue weighted by Crippen LogP contribution is -2.38. The molecule has 9 heteroatoms. The molecule has 0 bridgehead atoms. The van der Waals surface area contributed by atoms with E-state index in [1.807, 2.05) is 26.1 Å². The molecular weight excluding hydrogens is 402 g/mol. The molecule has 0 radical (unpaired) electrons. The molecule has 2 N–H and O–H groups in total. The van der Waals surface area contributed by atoms with Crippen LogP contribution in [0.3, 0.4) is 0 Å². The van der Waals surface area contributed by atoms with E-state index in [9.17, 15) is 9.59 Å². The summed E-state index contributed by atoms with van der Waals surface area (Å²) in [7, 11) is 3.37. The number of amides is 2. The number of benzene rings is 1. The monoisotopic (exact) mass is 431 g/mol. The lowest BCUT2D eigenvalue weighted by molar-refractivity contribution is -0.121. The predicted molar refractivity (Wildman–Crippen MR) is 117 cm³/mol. The van der Waals surface area contributed by atoms with E-state index >= 15 is 0 Å². The maximum Gasteiger partial charge on any atom is 0.233 e. The minimum absolute atomic E-state index is 0.0489. The number of methoxy groups -OCH3 is 1. The third-order valence-corrected chi connectivity index (χ3v) is 6.64. The molecule has 162 valence electrons. The van der Waals surface area contributed by atoms with E-state index in [0.29, 0.717) is 34.9 Å². The van der Waals surface area contributed by atoms with Crippen LogP contribution in [0, 0.1) is 0 Å². The molecular formula is C21H29N5O3S. The molecule has 1 aromatic heterocycles. The van der Waals surface area contributed by atoms with Crippen molar-refractivity contribution in [3.8, 4) is 5.75 Å². The second-order valence-electron chi connectivity index (χ2n) is 7.39. The summed E-state index contributed by atoms with van der Waals surface area (Å²) >= 11 is 1.39. The molecule has 1 aliphatic rings. The molecule has 0 aliphatic heterocycles. The van der Waals surface area contributed by atoms with E-state index < -0.39 is 0 Å². The Morgan fingerprint density at radius 1 is 1.27 bits per heavy atom. The average molecular weight is 432 g/mol. The van der Waals surface area contributed by atoms with Gasteiger partial charge in [-0.05, 0) is 31.4 Å². The van der Waals surface area contributed by atoms with Crippen LogP contribution in [-0.4, -0.2) is 45.0 Å². The number of nitrogens with zero attached hydrogens (tertiary/aromatic N) is 3. The van der Waals surface area contributed by atoms with E-state index in [-0.39, 0.29) is 23.5 Å². The van der Waals surface area contributed by atoms with Crippen LogP contribution in [0.15, 0.2) is 29.4 Å². The Balaban J connectivity index is 1.60. The van der Waals surface area contributed by atoms with Gasteiger partial charge in [-0.25, -0.2) is 0 Å². The van der Waals surface area contributed by atoms with Crippen molar-refractivity contribution in [3.63, 3.8) is 0 Å². The second kappa shape index (κ2) is 10.5. The SMILES string of the molecule is CC[C@@H](Sc1nnc(CC(=O)Nc2ccccc2OC)n1C)C(=O)NC1CCCC1. The van der Waals surface area contributed by atoms with Gasteiger partial charge in [-0.3, -0.25) is 9.59 Å². The highest BCUT2D eigenvalue weighted by atomic mass is 32.2. The largest absolute Gasteiger partial charge is 0.495 e. The third-order valence-electron chi connectivity index (χ3n) is 5.24. The maximum atomic E-state index is 12.6. The summed E-state index contributed by atoms with van der Waals surface area (Å²) in [6.45, 7) is 1.99. The third kappa shape index (κ3) is 5.53. The first-order chi connectivity index (χ1) is 14.5. The van der Waals surface area contributed by atoms with Crippen LogP contribution in [0.25, 0.3) is 0 Å². The Hall–Kier alpha value is -2.55. The number of hydrogen-bond donors (Lipinski definition) is 2. The molecule has 3 rings (SSSR count). The van der Waals surface area contributed by atoms with Gasteiger partial charge in [0.15, 0.2) is 5.16 Å². The van der Waals surface area contributed by atoms with E-state index in [1.54, 1.807) is 23.8 Å². The zero-order chi connectivity index (χ0) is 21.5. The molecule has 1 fully saturated rings. The van der Waals surface area contributed by atoms with Gasteiger partial charge >= 0.3 is 0 Å². The van der Waals surface area contributed by atoms with Crippen LogP contribution < -0.4 is 15.4 Å². The number of hydrogen-bond acceptors (Lipinski definition) is 6. The van der Waals surface area contributed by atoms with Crippen molar-refractivity contribution in [3.05, 3.63) is 30.1 Å². The van der Waals surface area contributed by atoms with Crippen LogP contribution in [0.2, 0.25) is 0 Å². The lowest BCUT2D eigenvalue weighted by atomic mass is 10.2. The van der Waals surface area contributed by atoms with Crippen molar-refractivity contribution < 1.29 is 14.3 Å². The van der Waals surface area contributed by atoms with Gasteiger partial charge in [0.1, 0.15) is 11.6 Å². The van der Waals surface area contributed by atoms with Crippen LogP contribution in [0.4, 0.5) is 5.69 Å². The fourth-order valence-electron chi connectivity index (χ4n) is 3.50. The quantitative estimate of drug-likeness (QED) is 0.593. The van der Waals surface area contributed by atoms with Crippen molar-refractivity contribution in [2.75, 3.05) is 12.4 Å². The number of aromatic nitrogens is 3. The molecule has 8 nitrogen and oxygen atoms in total. The normalized spacial score (nSPS) is 15.0. The van der Waals surface area contributed by atoms with E-state index in [1.165, 1.54) is 24.6 Å². The van der Waals surface area contributed by atoms with Crippen molar-refractivity contribution in [2.24, 2.45) is 7.05 Å². The van der Waals surface area contributed by atoms with Crippen LogP contribution in [-0.2, 0) is 23.1 Å². The summed E-state index contributed by atoms with van der Waals surface area (Å²) in [5.74, 6) is 0.973. The Morgan fingerprint density at radius 3 is 2.70 bits per heavy atom. The number of thioether (sulfide) groups is 1. The molecule has 1 heterocycles. The van der Waals surface area contributed by atoms with E-state index in [4.69, 9.17) is 4.74 Å². The molecule has 1 aromatic carbocycles. The van der Waals surface area contributed by atoms with Gasteiger partial charge < -0.3 is 19.9 Å². The second-order valence-corrected chi connectivity index (χ2v) is 8.56. The summed E-state index contributed by atoms with van der Waals surface area (Å²) in [5.41, 5.74) is 0.608. The van der Waals surface area contributed by atoms with Gasteiger partial charge in [-0.2, -0.15) is 0 Å². The first kappa shape index (κ1) is 22.1. The van der Waals surface area contributed by atoms with Crippen molar-refractivity contribution in [1.82, 2.24) is 20.1 Å². The molecule has 2 aromatic rings. The molecule has 1 saturated carbocycles.